The van der Waals surface area contributed by atoms with Gasteiger partial charge in [0.05, 0.1) is 13.2 Å². The molecule has 124 valence electrons. The topological polar surface area (TPSA) is 46.6 Å². The van der Waals surface area contributed by atoms with Crippen LogP contribution in [0.2, 0.25) is 0 Å². The van der Waals surface area contributed by atoms with E-state index in [0.717, 1.165) is 35.5 Å². The summed E-state index contributed by atoms with van der Waals surface area (Å²) in [5, 5.41) is 0. The Morgan fingerprint density at radius 2 is 2.04 bits per heavy atom. The van der Waals surface area contributed by atoms with Gasteiger partial charge in [-0.2, -0.15) is 4.31 Å². The van der Waals surface area contributed by atoms with Gasteiger partial charge in [0.15, 0.2) is 0 Å². The summed E-state index contributed by atoms with van der Waals surface area (Å²) in [5.41, 5.74) is 0.948. The molecule has 0 bridgehead atoms. The Hall–Kier alpha value is -1.37. The second-order valence-corrected chi connectivity index (χ2v) is 8.88. The number of aryl methyl sites for hydroxylation is 1. The van der Waals surface area contributed by atoms with Gasteiger partial charge in [0.25, 0.3) is 10.0 Å². The van der Waals surface area contributed by atoms with E-state index in [0.29, 0.717) is 10.8 Å². The van der Waals surface area contributed by atoms with Crippen LogP contribution in [0.25, 0.3) is 0 Å². The number of thiophene rings is 1. The Balaban J connectivity index is 1.98. The second-order valence-electron chi connectivity index (χ2n) is 5.59. The number of ether oxygens (including phenoxy) is 1. The van der Waals surface area contributed by atoms with Crippen molar-refractivity contribution in [2.24, 2.45) is 0 Å². The summed E-state index contributed by atoms with van der Waals surface area (Å²) in [6.07, 6.45) is 2.55. The third kappa shape index (κ3) is 3.03. The molecule has 0 saturated carbocycles. The second kappa shape index (κ2) is 6.63. The first kappa shape index (κ1) is 16.5. The van der Waals surface area contributed by atoms with Crippen molar-refractivity contribution in [3.8, 4) is 5.75 Å². The van der Waals surface area contributed by atoms with Crippen molar-refractivity contribution in [1.29, 1.82) is 0 Å². The number of hydrogen-bond donors (Lipinski definition) is 0. The number of benzene rings is 1. The lowest BCUT2D eigenvalue weighted by atomic mass is 10.0. The van der Waals surface area contributed by atoms with E-state index in [1.807, 2.05) is 37.3 Å². The standard InChI is InChI=1S/C17H21NO3S2/c1-3-13-10-11-17(22-13)23(19,20)18-12-6-8-15(18)14-7-4-5-9-16(14)21-2/h4-5,7,9-11,15H,3,6,8,12H2,1-2H3. The average Bonchev–Trinajstić information content (AvgIpc) is 3.24. The summed E-state index contributed by atoms with van der Waals surface area (Å²) in [6, 6.07) is 11.2. The van der Waals surface area contributed by atoms with E-state index in [4.69, 9.17) is 4.74 Å². The fourth-order valence-corrected chi connectivity index (χ4v) is 6.18. The zero-order chi connectivity index (χ0) is 16.4. The maximum absolute atomic E-state index is 13.0. The maximum Gasteiger partial charge on any atom is 0.253 e. The van der Waals surface area contributed by atoms with E-state index in [1.165, 1.54) is 11.3 Å². The molecule has 0 N–H and O–H groups in total. The average molecular weight is 351 g/mol. The van der Waals surface area contributed by atoms with E-state index < -0.39 is 10.0 Å². The van der Waals surface area contributed by atoms with Gasteiger partial charge in [0.2, 0.25) is 0 Å². The molecule has 1 fully saturated rings. The summed E-state index contributed by atoms with van der Waals surface area (Å²) in [7, 11) is -1.83. The first-order valence-electron chi connectivity index (χ1n) is 7.81. The predicted octanol–water partition coefficient (Wildman–Crippen LogP) is 3.84. The van der Waals surface area contributed by atoms with Gasteiger partial charge < -0.3 is 4.74 Å². The van der Waals surface area contributed by atoms with E-state index >= 15 is 0 Å². The van der Waals surface area contributed by atoms with Gasteiger partial charge in [-0.1, -0.05) is 25.1 Å². The molecule has 1 atom stereocenters. The minimum atomic E-state index is -3.45. The number of sulfonamides is 1. The highest BCUT2D eigenvalue weighted by Gasteiger charge is 2.38. The molecule has 3 rings (SSSR count). The first-order valence-corrected chi connectivity index (χ1v) is 10.1. The van der Waals surface area contributed by atoms with Gasteiger partial charge in [-0.15, -0.1) is 11.3 Å². The van der Waals surface area contributed by atoms with E-state index in [1.54, 1.807) is 17.5 Å². The molecule has 1 unspecified atom stereocenters. The predicted molar refractivity (Wildman–Crippen MR) is 92.6 cm³/mol. The van der Waals surface area contributed by atoms with Crippen LogP contribution >= 0.6 is 11.3 Å². The van der Waals surface area contributed by atoms with Crippen LogP contribution in [0, 0.1) is 0 Å². The Bertz CT molecular complexity index is 783. The fraction of sp³-hybridized carbons (Fsp3) is 0.412. The first-order chi connectivity index (χ1) is 11.1. The molecule has 0 spiro atoms. The van der Waals surface area contributed by atoms with Gasteiger partial charge >= 0.3 is 0 Å². The molecule has 1 aromatic heterocycles. The van der Waals surface area contributed by atoms with Gasteiger partial charge in [-0.05, 0) is 37.5 Å². The lowest BCUT2D eigenvalue weighted by Gasteiger charge is -2.25. The third-order valence-corrected chi connectivity index (χ3v) is 7.86. The van der Waals surface area contributed by atoms with Crippen LogP contribution in [-0.4, -0.2) is 26.4 Å². The minimum Gasteiger partial charge on any atom is -0.496 e. The Kier molecular flexibility index (Phi) is 4.75. The Morgan fingerprint density at radius 3 is 2.74 bits per heavy atom. The fourth-order valence-electron chi connectivity index (χ4n) is 3.08. The quantitative estimate of drug-likeness (QED) is 0.822. The van der Waals surface area contributed by atoms with Crippen LogP contribution in [-0.2, 0) is 16.4 Å². The molecule has 1 aliphatic rings. The highest BCUT2D eigenvalue weighted by molar-refractivity contribution is 7.91. The molecular formula is C17H21NO3S2. The molecule has 4 nitrogen and oxygen atoms in total. The molecule has 0 aliphatic carbocycles. The van der Waals surface area contributed by atoms with Crippen molar-refractivity contribution < 1.29 is 13.2 Å². The Labute approximate surface area is 141 Å². The summed E-state index contributed by atoms with van der Waals surface area (Å²) < 4.78 is 33.6. The molecule has 0 radical (unpaired) electrons. The van der Waals surface area contributed by atoms with E-state index in [9.17, 15) is 8.42 Å². The lowest BCUT2D eigenvalue weighted by molar-refractivity contribution is 0.367. The molecule has 1 saturated heterocycles. The number of hydrogen-bond acceptors (Lipinski definition) is 4. The molecule has 23 heavy (non-hydrogen) atoms. The minimum absolute atomic E-state index is 0.150. The number of rotatable bonds is 5. The van der Waals surface area contributed by atoms with Crippen molar-refractivity contribution in [3.63, 3.8) is 0 Å². The van der Waals surface area contributed by atoms with Crippen LogP contribution < -0.4 is 4.74 Å². The van der Waals surface area contributed by atoms with Crippen LogP contribution in [0.3, 0.4) is 0 Å². The molecule has 6 heteroatoms. The zero-order valence-corrected chi connectivity index (χ0v) is 15.0. The van der Waals surface area contributed by atoms with Gasteiger partial charge in [-0.25, -0.2) is 8.42 Å². The van der Waals surface area contributed by atoms with Crippen molar-refractivity contribution in [2.45, 2.75) is 36.4 Å². The monoisotopic (exact) mass is 351 g/mol. The molecule has 2 aromatic rings. The molecule has 0 amide bonds. The molecule has 1 aromatic carbocycles. The van der Waals surface area contributed by atoms with Crippen molar-refractivity contribution in [1.82, 2.24) is 4.31 Å². The van der Waals surface area contributed by atoms with Crippen molar-refractivity contribution >= 4 is 21.4 Å². The summed E-state index contributed by atoms with van der Waals surface area (Å²) >= 11 is 1.37. The third-order valence-electron chi connectivity index (χ3n) is 4.25. The summed E-state index contributed by atoms with van der Waals surface area (Å²) in [5.74, 6) is 0.750. The number of para-hydroxylation sites is 1. The largest absolute Gasteiger partial charge is 0.496 e. The van der Waals surface area contributed by atoms with Crippen LogP contribution in [0.1, 0.15) is 36.2 Å². The zero-order valence-electron chi connectivity index (χ0n) is 13.4. The summed E-state index contributed by atoms with van der Waals surface area (Å²) in [6.45, 7) is 2.60. The van der Waals surface area contributed by atoms with Gasteiger partial charge in [0.1, 0.15) is 9.96 Å². The normalized spacial score (nSPS) is 19.1. The van der Waals surface area contributed by atoms with Crippen LogP contribution in [0.5, 0.6) is 5.75 Å². The number of methoxy groups -OCH3 is 1. The molecule has 1 aliphatic heterocycles. The van der Waals surface area contributed by atoms with Crippen molar-refractivity contribution in [3.05, 3.63) is 46.8 Å². The van der Waals surface area contributed by atoms with Gasteiger partial charge in [-0.3, -0.25) is 0 Å². The highest BCUT2D eigenvalue weighted by atomic mass is 32.2. The SMILES string of the molecule is CCc1ccc(S(=O)(=O)N2CCCC2c2ccccc2OC)s1. The van der Waals surface area contributed by atoms with Crippen molar-refractivity contribution in [2.75, 3.05) is 13.7 Å². The van der Waals surface area contributed by atoms with Crippen LogP contribution in [0.4, 0.5) is 0 Å². The number of nitrogens with zero attached hydrogens (tertiary/aromatic N) is 1. The smallest absolute Gasteiger partial charge is 0.253 e. The maximum atomic E-state index is 13.0. The summed E-state index contributed by atoms with van der Waals surface area (Å²) in [4.78, 5) is 1.09. The van der Waals surface area contributed by atoms with E-state index in [-0.39, 0.29) is 6.04 Å². The van der Waals surface area contributed by atoms with E-state index in [2.05, 4.69) is 0 Å². The molecular weight excluding hydrogens is 330 g/mol. The lowest BCUT2D eigenvalue weighted by Crippen LogP contribution is -2.30. The molecule has 2 heterocycles. The van der Waals surface area contributed by atoms with Crippen LogP contribution in [0.15, 0.2) is 40.6 Å². The Morgan fingerprint density at radius 1 is 1.26 bits per heavy atom. The van der Waals surface area contributed by atoms with Gasteiger partial charge in [0, 0.05) is 17.0 Å². The highest BCUT2D eigenvalue weighted by Crippen LogP contribution is 2.41.